The molecule has 0 unspecified atom stereocenters. The van der Waals surface area contributed by atoms with Crippen LogP contribution in [0.5, 0.6) is 0 Å². The smallest absolute Gasteiger partial charge is 0.180 e. The van der Waals surface area contributed by atoms with Gasteiger partial charge in [-0.2, -0.15) is 0 Å². The molecule has 2 N–H and O–H groups in total. The average molecular weight is 256 g/mol. The molecule has 0 aliphatic carbocycles. The van der Waals surface area contributed by atoms with Gasteiger partial charge in [-0.25, -0.2) is 9.97 Å². The second-order valence-electron chi connectivity index (χ2n) is 4.01. The van der Waals surface area contributed by atoms with Crippen molar-refractivity contribution < 1.29 is 0 Å². The predicted octanol–water partition coefficient (Wildman–Crippen LogP) is 2.85. The Hall–Kier alpha value is -2.14. The number of nitrogens with two attached hydrogens (primary N) is 1. The summed E-state index contributed by atoms with van der Waals surface area (Å²) in [5, 5.41) is 2.51. The van der Waals surface area contributed by atoms with Gasteiger partial charge in [0.25, 0.3) is 0 Å². The molecule has 5 heteroatoms. The van der Waals surface area contributed by atoms with Crippen LogP contribution in [0.15, 0.2) is 29.8 Å². The number of rotatable bonds is 2. The van der Waals surface area contributed by atoms with E-state index in [1.807, 2.05) is 35.9 Å². The molecule has 0 aliphatic heterocycles. The van der Waals surface area contributed by atoms with Crippen LogP contribution in [-0.2, 0) is 0 Å². The first-order valence-corrected chi connectivity index (χ1v) is 6.44. The van der Waals surface area contributed by atoms with Crippen molar-refractivity contribution in [2.75, 3.05) is 5.73 Å². The Kier molecular flexibility index (Phi) is 2.60. The number of imidazole rings is 1. The van der Waals surface area contributed by atoms with Crippen LogP contribution in [0.3, 0.4) is 0 Å². The number of pyridine rings is 1. The van der Waals surface area contributed by atoms with Gasteiger partial charge in [0.05, 0.1) is 11.4 Å². The van der Waals surface area contributed by atoms with Crippen LogP contribution in [0.1, 0.15) is 17.1 Å². The molecule has 0 saturated carbocycles. The topological polar surface area (TPSA) is 56.2 Å². The van der Waals surface area contributed by atoms with Gasteiger partial charge in [-0.1, -0.05) is 6.07 Å². The Labute approximate surface area is 108 Å². The molecule has 18 heavy (non-hydrogen) atoms. The first-order chi connectivity index (χ1) is 8.72. The van der Waals surface area contributed by atoms with Gasteiger partial charge >= 0.3 is 0 Å². The van der Waals surface area contributed by atoms with Crippen molar-refractivity contribution in [3.05, 3.63) is 46.9 Å². The number of anilines is 1. The number of nitrogens with zero attached hydrogens (tertiary/aromatic N) is 3. The maximum Gasteiger partial charge on any atom is 0.180 e. The first-order valence-electron chi connectivity index (χ1n) is 5.56. The van der Waals surface area contributed by atoms with E-state index >= 15 is 0 Å². The van der Waals surface area contributed by atoms with Crippen LogP contribution in [-0.4, -0.2) is 14.4 Å². The van der Waals surface area contributed by atoms with Gasteiger partial charge in [0, 0.05) is 17.3 Å². The molecule has 0 bridgehead atoms. The van der Waals surface area contributed by atoms with E-state index in [0.29, 0.717) is 5.13 Å². The minimum Gasteiger partial charge on any atom is -0.375 e. The third-order valence-corrected chi connectivity index (χ3v) is 3.37. The van der Waals surface area contributed by atoms with E-state index in [0.717, 1.165) is 22.7 Å². The van der Waals surface area contributed by atoms with Gasteiger partial charge in [-0.3, -0.25) is 0 Å². The van der Waals surface area contributed by atoms with Crippen molar-refractivity contribution in [2.24, 2.45) is 0 Å². The molecule has 4 nitrogen and oxygen atoms in total. The van der Waals surface area contributed by atoms with E-state index in [9.17, 15) is 0 Å². The third kappa shape index (κ3) is 2.00. The summed E-state index contributed by atoms with van der Waals surface area (Å²) in [5.41, 5.74) is 9.48. The SMILES string of the molecule is Cc1cccc2nc(/C=C/c3csc(N)n3)cn12. The molecule has 3 aromatic heterocycles. The van der Waals surface area contributed by atoms with Gasteiger partial charge in [-0.15, -0.1) is 11.3 Å². The molecule has 0 aliphatic rings. The molecule has 0 amide bonds. The normalized spacial score (nSPS) is 11.6. The van der Waals surface area contributed by atoms with Crippen LogP contribution in [0.2, 0.25) is 0 Å². The number of nitrogen functional groups attached to an aromatic ring is 1. The second-order valence-corrected chi connectivity index (χ2v) is 4.89. The largest absolute Gasteiger partial charge is 0.375 e. The van der Waals surface area contributed by atoms with E-state index < -0.39 is 0 Å². The van der Waals surface area contributed by atoms with Crippen LogP contribution < -0.4 is 5.73 Å². The number of fused-ring (bicyclic) bond motifs is 1. The molecule has 0 fully saturated rings. The summed E-state index contributed by atoms with van der Waals surface area (Å²) in [6.07, 6.45) is 5.88. The molecule has 3 rings (SSSR count). The van der Waals surface area contributed by atoms with Gasteiger partial charge in [-0.05, 0) is 31.2 Å². The van der Waals surface area contributed by atoms with Crippen molar-refractivity contribution in [3.63, 3.8) is 0 Å². The molecule has 0 aromatic carbocycles. The Balaban J connectivity index is 1.95. The molecule has 3 heterocycles. The van der Waals surface area contributed by atoms with Gasteiger partial charge in [0.1, 0.15) is 5.65 Å². The summed E-state index contributed by atoms with van der Waals surface area (Å²) in [5.74, 6) is 0. The maximum absolute atomic E-state index is 5.58. The summed E-state index contributed by atoms with van der Waals surface area (Å²) in [6, 6.07) is 6.06. The van der Waals surface area contributed by atoms with Crippen molar-refractivity contribution in [1.82, 2.24) is 14.4 Å². The summed E-state index contributed by atoms with van der Waals surface area (Å²) >= 11 is 1.44. The predicted molar refractivity (Wildman–Crippen MR) is 75.4 cm³/mol. The molecule has 0 spiro atoms. The van der Waals surface area contributed by atoms with Crippen molar-refractivity contribution in [3.8, 4) is 0 Å². The van der Waals surface area contributed by atoms with Crippen LogP contribution in [0.4, 0.5) is 5.13 Å². The fraction of sp³-hybridized carbons (Fsp3) is 0.0769. The Morgan fingerprint density at radius 1 is 1.22 bits per heavy atom. The average Bonchev–Trinajstić information content (AvgIpc) is 2.93. The van der Waals surface area contributed by atoms with Crippen LogP contribution >= 0.6 is 11.3 Å². The van der Waals surface area contributed by atoms with Crippen molar-refractivity contribution >= 4 is 34.3 Å². The highest BCUT2D eigenvalue weighted by atomic mass is 32.1. The fourth-order valence-corrected chi connectivity index (χ4v) is 2.33. The zero-order valence-electron chi connectivity index (χ0n) is 9.87. The summed E-state index contributed by atoms with van der Waals surface area (Å²) in [7, 11) is 0. The number of aromatic nitrogens is 3. The molecule has 0 atom stereocenters. The Bertz CT molecular complexity index is 724. The fourth-order valence-electron chi connectivity index (χ4n) is 1.80. The van der Waals surface area contributed by atoms with Gasteiger partial charge < -0.3 is 10.1 Å². The number of hydrogen-bond donors (Lipinski definition) is 1. The van der Waals surface area contributed by atoms with E-state index in [1.165, 1.54) is 11.3 Å². The highest BCUT2D eigenvalue weighted by Gasteiger charge is 2.00. The zero-order chi connectivity index (χ0) is 12.5. The molecule has 3 aromatic rings. The third-order valence-electron chi connectivity index (χ3n) is 2.68. The minimum absolute atomic E-state index is 0.584. The molecule has 90 valence electrons. The van der Waals surface area contributed by atoms with Crippen LogP contribution in [0, 0.1) is 6.92 Å². The van der Waals surface area contributed by atoms with E-state index in [4.69, 9.17) is 5.73 Å². The lowest BCUT2D eigenvalue weighted by atomic mass is 10.3. The van der Waals surface area contributed by atoms with Gasteiger partial charge in [0.15, 0.2) is 5.13 Å². The summed E-state index contributed by atoms with van der Waals surface area (Å²) in [4.78, 5) is 8.69. The maximum atomic E-state index is 5.58. The molecular formula is C13H12N4S. The monoisotopic (exact) mass is 256 g/mol. The van der Waals surface area contributed by atoms with E-state index in [-0.39, 0.29) is 0 Å². The first kappa shape index (κ1) is 11.0. The highest BCUT2D eigenvalue weighted by Crippen LogP contribution is 2.15. The summed E-state index contributed by atoms with van der Waals surface area (Å²) in [6.45, 7) is 2.06. The van der Waals surface area contributed by atoms with Crippen LogP contribution in [0.25, 0.3) is 17.8 Å². The Morgan fingerprint density at radius 3 is 2.78 bits per heavy atom. The number of hydrogen-bond acceptors (Lipinski definition) is 4. The lowest BCUT2D eigenvalue weighted by Crippen LogP contribution is -1.86. The molecule has 0 saturated heterocycles. The van der Waals surface area contributed by atoms with Crippen molar-refractivity contribution in [1.29, 1.82) is 0 Å². The quantitative estimate of drug-likeness (QED) is 0.767. The minimum atomic E-state index is 0.584. The number of aryl methyl sites for hydroxylation is 1. The second kappa shape index (κ2) is 4.27. The molecular weight excluding hydrogens is 244 g/mol. The number of thiazole rings is 1. The lowest BCUT2D eigenvalue weighted by molar-refractivity contribution is 1.09. The summed E-state index contributed by atoms with van der Waals surface area (Å²) < 4.78 is 2.06. The molecule has 0 radical (unpaired) electrons. The van der Waals surface area contributed by atoms with E-state index in [2.05, 4.69) is 27.4 Å². The standard InChI is InChI=1S/C13H12N4S/c1-9-3-2-4-12-15-10(7-17(9)12)5-6-11-8-18-13(14)16-11/h2-8H,1H3,(H2,14,16)/b6-5+. The van der Waals surface area contributed by atoms with Crippen molar-refractivity contribution in [2.45, 2.75) is 6.92 Å². The lowest BCUT2D eigenvalue weighted by Gasteiger charge is -1.95. The van der Waals surface area contributed by atoms with E-state index in [1.54, 1.807) is 0 Å². The Morgan fingerprint density at radius 2 is 2.06 bits per heavy atom. The zero-order valence-corrected chi connectivity index (χ0v) is 10.7. The highest BCUT2D eigenvalue weighted by molar-refractivity contribution is 7.13. The van der Waals surface area contributed by atoms with Gasteiger partial charge in [0.2, 0.25) is 0 Å².